The Morgan fingerprint density at radius 1 is 1.29 bits per heavy atom. The van der Waals surface area contributed by atoms with E-state index >= 15 is 0 Å². The molecule has 0 radical (unpaired) electrons. The highest BCUT2D eigenvalue weighted by Gasteiger charge is 2.25. The molecule has 28 heavy (non-hydrogen) atoms. The van der Waals surface area contributed by atoms with E-state index in [0.717, 1.165) is 11.1 Å². The highest BCUT2D eigenvalue weighted by Crippen LogP contribution is 2.16. The second-order valence-corrected chi connectivity index (χ2v) is 8.43. The predicted molar refractivity (Wildman–Crippen MR) is 122 cm³/mol. The third-order valence-corrected chi connectivity index (χ3v) is 6.12. The molecule has 2 rings (SSSR count). The zero-order valence-electron chi connectivity index (χ0n) is 16.7. The van der Waals surface area contributed by atoms with E-state index in [4.69, 9.17) is 9.47 Å². The molecule has 1 aromatic rings. The van der Waals surface area contributed by atoms with E-state index in [9.17, 15) is 8.42 Å². The second-order valence-electron chi connectivity index (χ2n) is 6.46. The van der Waals surface area contributed by atoms with E-state index in [1.807, 2.05) is 31.2 Å². The molecule has 1 aliphatic heterocycles. The van der Waals surface area contributed by atoms with Gasteiger partial charge in [0.05, 0.1) is 25.6 Å². The fourth-order valence-electron chi connectivity index (χ4n) is 2.88. The lowest BCUT2D eigenvalue weighted by Crippen LogP contribution is -2.43. The number of aliphatic imine (C=N–C) groups is 1. The molecule has 0 amide bonds. The standard InChI is InChI=1S/C18H30N4O4S.HI/c1-15(13-25-3)21-18(19-2)20-12-16-6-4-5-7-17(16)14-27(23,24)22-8-10-26-11-9-22;/h4-7,15H,8-14H2,1-3H3,(H2,19,20,21);1H. The summed E-state index contributed by atoms with van der Waals surface area (Å²) in [7, 11) is -0.0158. The average molecular weight is 526 g/mol. The lowest BCUT2D eigenvalue weighted by atomic mass is 10.1. The molecule has 0 saturated carbocycles. The van der Waals surface area contributed by atoms with Crippen molar-refractivity contribution in [2.75, 3.05) is 47.1 Å². The first kappa shape index (κ1) is 25.1. The van der Waals surface area contributed by atoms with Crippen molar-refractivity contribution in [1.82, 2.24) is 14.9 Å². The van der Waals surface area contributed by atoms with Gasteiger partial charge >= 0.3 is 0 Å². The summed E-state index contributed by atoms with van der Waals surface area (Å²) in [6, 6.07) is 7.67. The number of benzene rings is 1. The number of hydrogen-bond acceptors (Lipinski definition) is 5. The largest absolute Gasteiger partial charge is 0.383 e. The number of sulfonamides is 1. The van der Waals surface area contributed by atoms with Gasteiger partial charge in [-0.25, -0.2) is 8.42 Å². The molecule has 1 saturated heterocycles. The monoisotopic (exact) mass is 526 g/mol. The number of rotatable bonds is 8. The van der Waals surface area contributed by atoms with Gasteiger partial charge in [0.25, 0.3) is 0 Å². The first-order chi connectivity index (χ1) is 13.0. The van der Waals surface area contributed by atoms with Crippen molar-refractivity contribution in [1.29, 1.82) is 0 Å². The van der Waals surface area contributed by atoms with Crippen molar-refractivity contribution < 1.29 is 17.9 Å². The van der Waals surface area contributed by atoms with Crippen LogP contribution in [0.5, 0.6) is 0 Å². The van der Waals surface area contributed by atoms with Crippen LogP contribution in [0.2, 0.25) is 0 Å². The Hall–Kier alpha value is -0.950. The molecule has 1 fully saturated rings. The predicted octanol–water partition coefficient (Wildman–Crippen LogP) is 1.17. The average Bonchev–Trinajstić information content (AvgIpc) is 2.67. The minimum Gasteiger partial charge on any atom is -0.383 e. The molecular formula is C18H31IN4O4S. The summed E-state index contributed by atoms with van der Waals surface area (Å²) in [5, 5.41) is 6.47. The van der Waals surface area contributed by atoms with Crippen molar-refractivity contribution in [2.24, 2.45) is 4.99 Å². The third-order valence-electron chi connectivity index (χ3n) is 4.29. The highest BCUT2D eigenvalue weighted by atomic mass is 127. The molecule has 0 aliphatic carbocycles. The second kappa shape index (κ2) is 12.6. The lowest BCUT2D eigenvalue weighted by Gasteiger charge is -2.26. The zero-order valence-corrected chi connectivity index (χ0v) is 19.8. The molecule has 1 atom stereocenters. The Kier molecular flexibility index (Phi) is 11.3. The summed E-state index contributed by atoms with van der Waals surface area (Å²) in [4.78, 5) is 4.20. The van der Waals surface area contributed by atoms with Crippen LogP contribution in [0.1, 0.15) is 18.1 Å². The van der Waals surface area contributed by atoms with E-state index < -0.39 is 10.0 Å². The molecule has 8 nitrogen and oxygen atoms in total. The molecule has 1 aromatic carbocycles. The van der Waals surface area contributed by atoms with Gasteiger partial charge in [-0.05, 0) is 18.1 Å². The van der Waals surface area contributed by atoms with Crippen LogP contribution in [0, 0.1) is 0 Å². The molecule has 1 aliphatic rings. The van der Waals surface area contributed by atoms with E-state index in [2.05, 4.69) is 15.6 Å². The van der Waals surface area contributed by atoms with Gasteiger partial charge in [-0.2, -0.15) is 4.31 Å². The maximum absolute atomic E-state index is 12.7. The van der Waals surface area contributed by atoms with Crippen LogP contribution in [-0.2, 0) is 31.8 Å². The van der Waals surface area contributed by atoms with Crippen molar-refractivity contribution in [3.05, 3.63) is 35.4 Å². The molecule has 160 valence electrons. The minimum absolute atomic E-state index is 0. The molecular weight excluding hydrogens is 495 g/mol. The van der Waals surface area contributed by atoms with Gasteiger partial charge in [-0.3, -0.25) is 4.99 Å². The number of methoxy groups -OCH3 is 1. The number of nitrogens with one attached hydrogen (secondary N) is 2. The van der Waals surface area contributed by atoms with Crippen LogP contribution in [0.15, 0.2) is 29.3 Å². The van der Waals surface area contributed by atoms with Crippen LogP contribution in [0.25, 0.3) is 0 Å². The van der Waals surface area contributed by atoms with Gasteiger partial charge in [-0.15, -0.1) is 24.0 Å². The van der Waals surface area contributed by atoms with Crippen molar-refractivity contribution in [3.8, 4) is 0 Å². The van der Waals surface area contributed by atoms with Gasteiger partial charge in [0.2, 0.25) is 10.0 Å². The Morgan fingerprint density at radius 3 is 2.54 bits per heavy atom. The van der Waals surface area contributed by atoms with Gasteiger partial charge in [0, 0.05) is 39.8 Å². The van der Waals surface area contributed by atoms with Crippen molar-refractivity contribution in [3.63, 3.8) is 0 Å². The maximum atomic E-state index is 12.7. The first-order valence-electron chi connectivity index (χ1n) is 9.04. The van der Waals surface area contributed by atoms with Crippen LogP contribution < -0.4 is 10.6 Å². The molecule has 0 spiro atoms. The summed E-state index contributed by atoms with van der Waals surface area (Å²) in [5.74, 6) is 0.627. The van der Waals surface area contributed by atoms with Crippen molar-refractivity contribution >= 4 is 40.0 Å². The van der Waals surface area contributed by atoms with E-state index in [1.165, 1.54) is 4.31 Å². The van der Waals surface area contributed by atoms with Crippen LogP contribution in [0.4, 0.5) is 0 Å². The number of halogens is 1. The van der Waals surface area contributed by atoms with Crippen LogP contribution in [-0.4, -0.2) is 71.8 Å². The Bertz CT molecular complexity index is 724. The summed E-state index contributed by atoms with van der Waals surface area (Å²) in [6.07, 6.45) is 0. The number of ether oxygens (including phenoxy) is 2. The Labute approximate surface area is 185 Å². The summed E-state index contributed by atoms with van der Waals surface area (Å²) in [6.45, 7) is 4.77. The van der Waals surface area contributed by atoms with Gasteiger partial charge in [0.1, 0.15) is 0 Å². The van der Waals surface area contributed by atoms with E-state index in [0.29, 0.717) is 45.4 Å². The van der Waals surface area contributed by atoms with Crippen LogP contribution >= 0.6 is 24.0 Å². The topological polar surface area (TPSA) is 92.3 Å². The minimum atomic E-state index is -3.37. The SMILES string of the molecule is CN=C(NCc1ccccc1CS(=O)(=O)N1CCOCC1)NC(C)COC.I. The molecule has 10 heteroatoms. The molecule has 0 aromatic heterocycles. The van der Waals surface area contributed by atoms with Crippen molar-refractivity contribution in [2.45, 2.75) is 25.3 Å². The summed E-state index contributed by atoms with van der Waals surface area (Å²) < 4.78 is 37.3. The fourth-order valence-corrected chi connectivity index (χ4v) is 4.44. The van der Waals surface area contributed by atoms with Gasteiger partial charge in [0.15, 0.2) is 5.96 Å². The zero-order chi connectivity index (χ0) is 19.7. The number of hydrogen-bond donors (Lipinski definition) is 2. The molecule has 1 unspecified atom stereocenters. The third kappa shape index (κ3) is 7.82. The normalized spacial score (nSPS) is 16.9. The molecule has 2 N–H and O–H groups in total. The maximum Gasteiger partial charge on any atom is 0.218 e. The summed E-state index contributed by atoms with van der Waals surface area (Å²) >= 11 is 0. The Morgan fingerprint density at radius 2 is 1.93 bits per heavy atom. The van der Waals surface area contributed by atoms with E-state index in [1.54, 1.807) is 14.2 Å². The van der Waals surface area contributed by atoms with Gasteiger partial charge < -0.3 is 20.1 Å². The Balaban J connectivity index is 0.00000392. The number of guanidine groups is 1. The number of nitrogens with zero attached hydrogens (tertiary/aromatic N) is 2. The lowest BCUT2D eigenvalue weighted by molar-refractivity contribution is 0.0729. The van der Waals surface area contributed by atoms with Gasteiger partial charge in [-0.1, -0.05) is 24.3 Å². The first-order valence-corrected chi connectivity index (χ1v) is 10.7. The van der Waals surface area contributed by atoms with Crippen LogP contribution in [0.3, 0.4) is 0 Å². The fraction of sp³-hybridized carbons (Fsp3) is 0.611. The highest BCUT2D eigenvalue weighted by molar-refractivity contribution is 14.0. The quantitative estimate of drug-likeness (QED) is 0.300. The van der Waals surface area contributed by atoms with E-state index in [-0.39, 0.29) is 35.8 Å². The molecule has 1 heterocycles. The smallest absolute Gasteiger partial charge is 0.218 e. The molecule has 0 bridgehead atoms. The summed E-state index contributed by atoms with van der Waals surface area (Å²) in [5.41, 5.74) is 1.72. The number of morpholine rings is 1.